The molecular formula is C17H24N6OS. The minimum Gasteiger partial charge on any atom is -0.339 e. The maximum Gasteiger partial charge on any atom is 0.317 e. The van der Waals surface area contributed by atoms with Gasteiger partial charge in [0.2, 0.25) is 5.95 Å². The zero-order valence-electron chi connectivity index (χ0n) is 14.6. The second-order valence-electron chi connectivity index (χ2n) is 6.44. The Morgan fingerprint density at radius 2 is 2.20 bits per heavy atom. The third-order valence-corrected chi connectivity index (χ3v) is 5.36. The van der Waals surface area contributed by atoms with Gasteiger partial charge < -0.3 is 15.1 Å². The molecule has 2 aromatic heterocycles. The molecular weight excluding hydrogens is 336 g/mol. The van der Waals surface area contributed by atoms with Gasteiger partial charge in [0, 0.05) is 62.6 Å². The van der Waals surface area contributed by atoms with Crippen LogP contribution in [0.15, 0.2) is 30.0 Å². The Kier molecular flexibility index (Phi) is 5.80. The number of carbonyl (C=O) groups is 1. The summed E-state index contributed by atoms with van der Waals surface area (Å²) in [5, 5.41) is 6.17. The minimum absolute atomic E-state index is 0.0377. The third kappa shape index (κ3) is 4.66. The Bertz CT molecular complexity index is 665. The summed E-state index contributed by atoms with van der Waals surface area (Å²) in [5.41, 5.74) is 0. The number of rotatable bonds is 5. The fourth-order valence-electron chi connectivity index (χ4n) is 3.07. The minimum atomic E-state index is -0.0377. The van der Waals surface area contributed by atoms with Crippen LogP contribution in [0.1, 0.15) is 30.7 Å². The zero-order chi connectivity index (χ0) is 17.6. The molecule has 1 aliphatic rings. The fourth-order valence-corrected chi connectivity index (χ4v) is 3.76. The second-order valence-corrected chi connectivity index (χ2v) is 7.36. The van der Waals surface area contributed by atoms with Gasteiger partial charge in [0.1, 0.15) is 0 Å². The molecule has 2 amide bonds. The van der Waals surface area contributed by atoms with Gasteiger partial charge in [-0.15, -0.1) is 11.3 Å². The van der Waals surface area contributed by atoms with Gasteiger partial charge in [-0.3, -0.25) is 0 Å². The first-order valence-electron chi connectivity index (χ1n) is 8.56. The molecule has 2 unspecified atom stereocenters. The largest absolute Gasteiger partial charge is 0.339 e. The van der Waals surface area contributed by atoms with Gasteiger partial charge in [0.05, 0.1) is 5.01 Å². The first-order valence-corrected chi connectivity index (χ1v) is 9.44. The topological polar surface area (TPSA) is 74.2 Å². The van der Waals surface area contributed by atoms with Crippen molar-refractivity contribution in [3.8, 4) is 0 Å². The van der Waals surface area contributed by atoms with Crippen LogP contribution in [0.4, 0.5) is 10.7 Å². The Labute approximate surface area is 152 Å². The van der Waals surface area contributed by atoms with Gasteiger partial charge in [0.15, 0.2) is 0 Å². The van der Waals surface area contributed by atoms with Crippen molar-refractivity contribution in [2.24, 2.45) is 0 Å². The molecule has 0 radical (unpaired) electrons. The summed E-state index contributed by atoms with van der Waals surface area (Å²) in [7, 11) is 1.83. The normalized spacial score (nSPS) is 18.6. The first-order chi connectivity index (χ1) is 12.1. The van der Waals surface area contributed by atoms with E-state index in [-0.39, 0.29) is 18.0 Å². The van der Waals surface area contributed by atoms with Crippen molar-refractivity contribution in [3.05, 3.63) is 35.0 Å². The van der Waals surface area contributed by atoms with E-state index in [2.05, 4.69) is 32.1 Å². The molecule has 134 valence electrons. The van der Waals surface area contributed by atoms with E-state index in [4.69, 9.17) is 0 Å². The maximum atomic E-state index is 12.5. The summed E-state index contributed by atoms with van der Waals surface area (Å²) >= 11 is 1.63. The van der Waals surface area contributed by atoms with Crippen molar-refractivity contribution in [2.45, 2.75) is 31.7 Å². The van der Waals surface area contributed by atoms with Crippen molar-refractivity contribution in [1.82, 2.24) is 25.2 Å². The maximum absolute atomic E-state index is 12.5. The molecule has 0 spiro atoms. The predicted octanol–water partition coefficient (Wildman–Crippen LogP) is 2.35. The summed E-state index contributed by atoms with van der Waals surface area (Å²) < 4.78 is 0. The van der Waals surface area contributed by atoms with Crippen LogP contribution in [-0.4, -0.2) is 58.6 Å². The monoisotopic (exact) mass is 360 g/mol. The number of amides is 2. The number of thiazole rings is 1. The van der Waals surface area contributed by atoms with Gasteiger partial charge in [-0.05, 0) is 18.9 Å². The molecule has 1 fully saturated rings. The molecule has 8 heteroatoms. The Balaban J connectivity index is 1.51. The number of nitrogens with zero attached hydrogens (tertiary/aromatic N) is 5. The standard InChI is InChI=1S/C17H24N6OS/c1-13(15-18-8-10-25-15)11-22(2)17(24)21-14-5-3-9-23(12-14)16-19-6-4-7-20-16/h4,6-8,10,13-14H,3,5,9,11-12H2,1-2H3,(H,21,24). The van der Waals surface area contributed by atoms with Gasteiger partial charge >= 0.3 is 6.03 Å². The summed E-state index contributed by atoms with van der Waals surface area (Å²) in [6.45, 7) is 4.41. The summed E-state index contributed by atoms with van der Waals surface area (Å²) in [4.78, 5) is 29.3. The van der Waals surface area contributed by atoms with Gasteiger partial charge in [-0.1, -0.05) is 6.92 Å². The number of piperidine rings is 1. The summed E-state index contributed by atoms with van der Waals surface area (Å²) in [6.07, 6.45) is 7.29. The van der Waals surface area contributed by atoms with Crippen LogP contribution in [0.2, 0.25) is 0 Å². The lowest BCUT2D eigenvalue weighted by atomic mass is 10.1. The van der Waals surface area contributed by atoms with E-state index in [0.29, 0.717) is 6.54 Å². The molecule has 0 aliphatic carbocycles. The second kappa shape index (κ2) is 8.24. The molecule has 1 saturated heterocycles. The highest BCUT2D eigenvalue weighted by Crippen LogP contribution is 2.19. The molecule has 1 aliphatic heterocycles. The van der Waals surface area contributed by atoms with Gasteiger partial charge in [0.25, 0.3) is 0 Å². The van der Waals surface area contributed by atoms with Crippen molar-refractivity contribution >= 4 is 23.3 Å². The van der Waals surface area contributed by atoms with E-state index in [1.165, 1.54) is 0 Å². The SMILES string of the molecule is CC(CN(C)C(=O)NC1CCCN(c2ncccn2)C1)c1nccs1. The lowest BCUT2D eigenvalue weighted by Crippen LogP contribution is -2.51. The number of urea groups is 1. The van der Waals surface area contributed by atoms with Crippen molar-refractivity contribution < 1.29 is 4.79 Å². The lowest BCUT2D eigenvalue weighted by Gasteiger charge is -2.34. The average molecular weight is 360 g/mol. The molecule has 1 N–H and O–H groups in total. The highest BCUT2D eigenvalue weighted by molar-refractivity contribution is 7.09. The van der Waals surface area contributed by atoms with Crippen LogP contribution in [0.5, 0.6) is 0 Å². The van der Waals surface area contributed by atoms with Crippen molar-refractivity contribution in [2.75, 3.05) is 31.6 Å². The summed E-state index contributed by atoms with van der Waals surface area (Å²) in [5.74, 6) is 0.962. The molecule has 7 nitrogen and oxygen atoms in total. The molecule has 0 bridgehead atoms. The molecule has 0 saturated carbocycles. The highest BCUT2D eigenvalue weighted by atomic mass is 32.1. The van der Waals surface area contributed by atoms with E-state index in [1.807, 2.05) is 18.5 Å². The van der Waals surface area contributed by atoms with Crippen molar-refractivity contribution in [1.29, 1.82) is 0 Å². The Hall–Kier alpha value is -2.22. The van der Waals surface area contributed by atoms with Crippen LogP contribution in [-0.2, 0) is 0 Å². The quantitative estimate of drug-likeness (QED) is 0.886. The predicted molar refractivity (Wildman–Crippen MR) is 99.0 cm³/mol. The third-order valence-electron chi connectivity index (χ3n) is 4.35. The number of aromatic nitrogens is 3. The van der Waals surface area contributed by atoms with E-state index in [0.717, 1.165) is 36.9 Å². The van der Waals surface area contributed by atoms with Crippen LogP contribution in [0.25, 0.3) is 0 Å². The number of likely N-dealkylation sites (N-methyl/N-ethyl adjacent to an activating group) is 1. The van der Waals surface area contributed by atoms with Crippen molar-refractivity contribution in [3.63, 3.8) is 0 Å². The first kappa shape index (κ1) is 17.6. The molecule has 0 aromatic carbocycles. The molecule has 2 aromatic rings. The smallest absolute Gasteiger partial charge is 0.317 e. The lowest BCUT2D eigenvalue weighted by molar-refractivity contribution is 0.200. The number of hydrogen-bond acceptors (Lipinski definition) is 6. The van der Waals surface area contributed by atoms with E-state index >= 15 is 0 Å². The van der Waals surface area contributed by atoms with Gasteiger partial charge in [-0.25, -0.2) is 19.7 Å². The fraction of sp³-hybridized carbons (Fsp3) is 0.529. The number of carbonyl (C=O) groups excluding carboxylic acids is 1. The van der Waals surface area contributed by atoms with Gasteiger partial charge in [-0.2, -0.15) is 0 Å². The number of nitrogens with one attached hydrogen (secondary N) is 1. The Morgan fingerprint density at radius 3 is 2.92 bits per heavy atom. The van der Waals surface area contributed by atoms with Crippen LogP contribution in [0, 0.1) is 0 Å². The molecule has 3 rings (SSSR count). The highest BCUT2D eigenvalue weighted by Gasteiger charge is 2.24. The summed E-state index contributed by atoms with van der Waals surface area (Å²) in [6, 6.07) is 1.89. The van der Waals surface area contributed by atoms with E-state index in [1.54, 1.807) is 34.8 Å². The molecule has 25 heavy (non-hydrogen) atoms. The number of anilines is 1. The average Bonchev–Trinajstić information content (AvgIpc) is 3.17. The number of hydrogen-bond donors (Lipinski definition) is 1. The zero-order valence-corrected chi connectivity index (χ0v) is 15.4. The molecule has 2 atom stereocenters. The van der Waals surface area contributed by atoms with Crippen LogP contribution < -0.4 is 10.2 Å². The molecule has 3 heterocycles. The van der Waals surface area contributed by atoms with Crippen LogP contribution >= 0.6 is 11.3 Å². The van der Waals surface area contributed by atoms with Crippen LogP contribution in [0.3, 0.4) is 0 Å². The van der Waals surface area contributed by atoms with E-state index < -0.39 is 0 Å². The Morgan fingerprint density at radius 1 is 1.40 bits per heavy atom. The van der Waals surface area contributed by atoms with E-state index in [9.17, 15) is 4.79 Å².